The number of nitro groups is 1. The van der Waals surface area contributed by atoms with Crippen molar-refractivity contribution in [1.29, 1.82) is 0 Å². The molecule has 6 nitrogen and oxygen atoms in total. The van der Waals surface area contributed by atoms with E-state index in [1.807, 2.05) is 13.0 Å². The Hall–Kier alpha value is -2.89. The van der Waals surface area contributed by atoms with Crippen LogP contribution in [0.5, 0.6) is 0 Å². The Labute approximate surface area is 133 Å². The van der Waals surface area contributed by atoms with Gasteiger partial charge >= 0.3 is 0 Å². The van der Waals surface area contributed by atoms with E-state index in [1.54, 1.807) is 30.3 Å². The van der Waals surface area contributed by atoms with Gasteiger partial charge in [0.05, 0.1) is 4.92 Å². The molecule has 0 unspecified atom stereocenters. The lowest BCUT2D eigenvalue weighted by Gasteiger charge is -2.09. The normalized spacial score (nSPS) is 13.4. The van der Waals surface area contributed by atoms with Crippen LogP contribution in [0.3, 0.4) is 0 Å². The third-order valence-corrected chi connectivity index (χ3v) is 3.73. The molecule has 0 heterocycles. The molecule has 118 valence electrons. The number of carbonyl (C=O) groups is 1. The van der Waals surface area contributed by atoms with Crippen LogP contribution in [0.2, 0.25) is 0 Å². The molecule has 3 rings (SSSR count). The largest absolute Gasteiger partial charge is 0.350 e. The molecular weight excluding hydrogens is 294 g/mol. The van der Waals surface area contributed by atoms with E-state index >= 15 is 0 Å². The minimum atomic E-state index is -0.403. The number of benzene rings is 2. The van der Waals surface area contributed by atoms with E-state index < -0.39 is 4.92 Å². The lowest BCUT2D eigenvalue weighted by atomic mass is 10.2. The highest BCUT2D eigenvalue weighted by Crippen LogP contribution is 2.31. The van der Waals surface area contributed by atoms with Crippen LogP contribution in [0, 0.1) is 23.0 Å². The molecule has 0 aliphatic heterocycles. The molecule has 0 spiro atoms. The Morgan fingerprint density at radius 2 is 1.78 bits per heavy atom. The first kappa shape index (κ1) is 15.0. The summed E-state index contributed by atoms with van der Waals surface area (Å²) in [7, 11) is 0. The van der Waals surface area contributed by atoms with Gasteiger partial charge in [-0.2, -0.15) is 0 Å². The summed E-state index contributed by atoms with van der Waals surface area (Å²) in [5.41, 5.74) is 2.76. The van der Waals surface area contributed by atoms with E-state index in [0.717, 1.165) is 29.8 Å². The number of anilines is 3. The van der Waals surface area contributed by atoms with Gasteiger partial charge in [-0.15, -0.1) is 0 Å². The van der Waals surface area contributed by atoms with Gasteiger partial charge < -0.3 is 10.6 Å². The Morgan fingerprint density at radius 3 is 2.39 bits per heavy atom. The molecule has 0 saturated heterocycles. The molecular formula is C17H17N3O3. The highest BCUT2D eigenvalue weighted by molar-refractivity contribution is 5.94. The van der Waals surface area contributed by atoms with Crippen molar-refractivity contribution in [1.82, 2.24) is 0 Å². The fraction of sp³-hybridized carbons (Fsp3) is 0.235. The first-order valence-corrected chi connectivity index (χ1v) is 7.46. The Kier molecular flexibility index (Phi) is 3.97. The number of nitrogens with one attached hydrogen (secondary N) is 2. The molecule has 1 saturated carbocycles. The van der Waals surface area contributed by atoms with Crippen LogP contribution < -0.4 is 10.6 Å². The van der Waals surface area contributed by atoms with E-state index in [4.69, 9.17) is 0 Å². The maximum Gasteiger partial charge on any atom is 0.292 e. The molecule has 1 aliphatic rings. The maximum absolute atomic E-state index is 11.7. The van der Waals surface area contributed by atoms with Crippen LogP contribution in [-0.4, -0.2) is 10.8 Å². The summed E-state index contributed by atoms with van der Waals surface area (Å²) in [6.07, 6.45) is 1.92. The van der Waals surface area contributed by atoms with E-state index in [2.05, 4.69) is 10.6 Å². The molecule has 2 N–H and O–H groups in total. The van der Waals surface area contributed by atoms with E-state index in [1.165, 1.54) is 6.07 Å². The highest BCUT2D eigenvalue weighted by Gasteiger charge is 2.29. The fourth-order valence-electron chi connectivity index (χ4n) is 2.28. The Balaban J connectivity index is 1.73. The average molecular weight is 311 g/mol. The monoisotopic (exact) mass is 311 g/mol. The van der Waals surface area contributed by atoms with Gasteiger partial charge in [-0.3, -0.25) is 14.9 Å². The average Bonchev–Trinajstić information content (AvgIpc) is 3.35. The Bertz CT molecular complexity index is 752. The Morgan fingerprint density at radius 1 is 1.13 bits per heavy atom. The number of nitro benzene ring substituents is 1. The first-order valence-electron chi connectivity index (χ1n) is 7.46. The minimum Gasteiger partial charge on any atom is -0.350 e. The molecule has 0 radical (unpaired) electrons. The highest BCUT2D eigenvalue weighted by atomic mass is 16.6. The summed E-state index contributed by atoms with van der Waals surface area (Å²) in [6.45, 7) is 1.81. The van der Waals surface area contributed by atoms with Gasteiger partial charge in [-0.05, 0) is 55.7 Å². The van der Waals surface area contributed by atoms with Crippen molar-refractivity contribution in [3.63, 3.8) is 0 Å². The number of amides is 1. The number of nitrogens with zero attached hydrogens (tertiary/aromatic N) is 1. The van der Waals surface area contributed by atoms with Gasteiger partial charge in [0.25, 0.3) is 5.69 Å². The van der Waals surface area contributed by atoms with Crippen LogP contribution in [-0.2, 0) is 4.79 Å². The number of aryl methyl sites for hydroxylation is 1. The van der Waals surface area contributed by atoms with Gasteiger partial charge in [-0.25, -0.2) is 0 Å². The lowest BCUT2D eigenvalue weighted by molar-refractivity contribution is -0.384. The third-order valence-electron chi connectivity index (χ3n) is 3.73. The molecule has 6 heteroatoms. The molecule has 1 amide bonds. The van der Waals surface area contributed by atoms with Gasteiger partial charge in [0.15, 0.2) is 0 Å². The molecule has 0 bridgehead atoms. The van der Waals surface area contributed by atoms with Crippen molar-refractivity contribution in [2.24, 2.45) is 5.92 Å². The van der Waals surface area contributed by atoms with Crippen molar-refractivity contribution < 1.29 is 9.72 Å². The molecule has 1 fully saturated rings. The summed E-state index contributed by atoms with van der Waals surface area (Å²) < 4.78 is 0. The predicted molar refractivity (Wildman–Crippen MR) is 88.9 cm³/mol. The quantitative estimate of drug-likeness (QED) is 0.646. The third kappa shape index (κ3) is 3.66. The predicted octanol–water partition coefficient (Wildman–Crippen LogP) is 4.00. The minimum absolute atomic E-state index is 0.0381. The smallest absolute Gasteiger partial charge is 0.292 e. The summed E-state index contributed by atoms with van der Waals surface area (Å²) in [6, 6.07) is 12.2. The number of carbonyl (C=O) groups excluding carboxylic acids is 1. The molecule has 2 aromatic carbocycles. The second-order valence-corrected chi connectivity index (χ2v) is 5.74. The molecule has 2 aromatic rings. The second kappa shape index (κ2) is 6.08. The molecule has 0 aromatic heterocycles. The summed E-state index contributed by atoms with van der Waals surface area (Å²) in [5, 5.41) is 17.0. The lowest BCUT2D eigenvalue weighted by Crippen LogP contribution is -2.13. The zero-order valence-electron chi connectivity index (χ0n) is 12.7. The number of hydrogen-bond donors (Lipinski definition) is 2. The summed E-state index contributed by atoms with van der Waals surface area (Å²) >= 11 is 0. The zero-order valence-corrected chi connectivity index (χ0v) is 12.7. The molecule has 0 atom stereocenters. The van der Waals surface area contributed by atoms with E-state index in [9.17, 15) is 14.9 Å². The fourth-order valence-corrected chi connectivity index (χ4v) is 2.28. The van der Waals surface area contributed by atoms with Crippen molar-refractivity contribution in [3.8, 4) is 0 Å². The zero-order chi connectivity index (χ0) is 16.4. The van der Waals surface area contributed by atoms with E-state index in [0.29, 0.717) is 5.69 Å². The van der Waals surface area contributed by atoms with Gasteiger partial charge in [-0.1, -0.05) is 6.07 Å². The van der Waals surface area contributed by atoms with Crippen molar-refractivity contribution in [2.45, 2.75) is 19.8 Å². The number of hydrogen-bond acceptors (Lipinski definition) is 4. The van der Waals surface area contributed by atoms with Gasteiger partial charge in [0.2, 0.25) is 5.91 Å². The van der Waals surface area contributed by atoms with Crippen molar-refractivity contribution >= 4 is 28.7 Å². The maximum atomic E-state index is 11.7. The molecule has 23 heavy (non-hydrogen) atoms. The van der Waals surface area contributed by atoms with Crippen molar-refractivity contribution in [2.75, 3.05) is 10.6 Å². The van der Waals surface area contributed by atoms with E-state index in [-0.39, 0.29) is 17.5 Å². The van der Waals surface area contributed by atoms with Gasteiger partial charge in [0.1, 0.15) is 5.69 Å². The molecule has 1 aliphatic carbocycles. The van der Waals surface area contributed by atoms with Crippen LogP contribution in [0.15, 0.2) is 42.5 Å². The second-order valence-electron chi connectivity index (χ2n) is 5.74. The van der Waals surface area contributed by atoms with Crippen LogP contribution in [0.25, 0.3) is 0 Å². The first-order chi connectivity index (χ1) is 11.0. The van der Waals surface area contributed by atoms with Crippen LogP contribution in [0.4, 0.5) is 22.7 Å². The number of rotatable bonds is 5. The standard InChI is InChI=1S/C17H17N3O3/c1-11-2-9-15(16(10-11)20(22)23)18-13-5-7-14(8-6-13)19-17(21)12-3-4-12/h2,5-10,12,18H,3-4H2,1H3,(H,19,21). The van der Waals surface area contributed by atoms with Crippen LogP contribution >= 0.6 is 0 Å². The van der Waals surface area contributed by atoms with Crippen molar-refractivity contribution in [3.05, 3.63) is 58.1 Å². The SMILES string of the molecule is Cc1ccc(Nc2ccc(NC(=O)C3CC3)cc2)c([N+](=O)[O-])c1. The summed E-state index contributed by atoms with van der Waals surface area (Å²) in [5.74, 6) is 0.211. The van der Waals surface area contributed by atoms with Crippen LogP contribution in [0.1, 0.15) is 18.4 Å². The topological polar surface area (TPSA) is 84.3 Å². The van der Waals surface area contributed by atoms with Gasteiger partial charge in [0, 0.05) is 23.4 Å². The summed E-state index contributed by atoms with van der Waals surface area (Å²) in [4.78, 5) is 22.4.